The third-order valence-corrected chi connectivity index (χ3v) is 13.8. The molecule has 286 valence electrons. The number of hydrogen-bond donors (Lipinski definition) is 0. The number of rotatable bonds is 5. The molecule has 0 unspecified atom stereocenters. The van der Waals surface area contributed by atoms with Gasteiger partial charge in [-0.1, -0.05) is 149 Å². The van der Waals surface area contributed by atoms with Crippen molar-refractivity contribution < 1.29 is 0 Å². The Bertz CT molecular complexity index is 3380. The Hall–Kier alpha value is -7.16. The van der Waals surface area contributed by atoms with E-state index in [1.807, 2.05) is 0 Å². The molecule has 10 aromatic rings. The molecule has 2 aliphatic rings. The molecular formula is C58H44N2. The molecule has 2 nitrogen and oxygen atoms in total. The van der Waals surface area contributed by atoms with Crippen LogP contribution in [-0.4, -0.2) is 4.57 Å². The average molecular weight is 769 g/mol. The largest absolute Gasteiger partial charge is 0.310 e. The molecule has 2 aliphatic carbocycles. The van der Waals surface area contributed by atoms with Gasteiger partial charge in [-0.2, -0.15) is 0 Å². The molecular weight excluding hydrogens is 725 g/mol. The van der Waals surface area contributed by atoms with E-state index in [2.05, 4.69) is 231 Å². The lowest BCUT2D eigenvalue weighted by atomic mass is 9.81. The van der Waals surface area contributed by atoms with Gasteiger partial charge in [-0.25, -0.2) is 0 Å². The van der Waals surface area contributed by atoms with Gasteiger partial charge >= 0.3 is 0 Å². The molecule has 1 heterocycles. The Morgan fingerprint density at radius 1 is 0.350 bits per heavy atom. The van der Waals surface area contributed by atoms with Gasteiger partial charge in [0.15, 0.2) is 0 Å². The summed E-state index contributed by atoms with van der Waals surface area (Å²) in [5.74, 6) is 0. The van der Waals surface area contributed by atoms with Crippen LogP contribution in [0.25, 0.3) is 71.6 Å². The summed E-state index contributed by atoms with van der Waals surface area (Å²) in [4.78, 5) is 2.44. The first-order chi connectivity index (χ1) is 29.3. The lowest BCUT2D eigenvalue weighted by molar-refractivity contribution is 0.660. The van der Waals surface area contributed by atoms with E-state index in [1.165, 1.54) is 105 Å². The quantitative estimate of drug-likeness (QED) is 0.169. The van der Waals surface area contributed by atoms with Crippen molar-refractivity contribution in [1.29, 1.82) is 0 Å². The molecule has 0 atom stereocenters. The molecule has 2 heteroatoms. The monoisotopic (exact) mass is 768 g/mol. The number of para-hydroxylation sites is 2. The molecule has 0 spiro atoms. The molecule has 12 rings (SSSR count). The summed E-state index contributed by atoms with van der Waals surface area (Å²) in [5.41, 5.74) is 20.1. The van der Waals surface area contributed by atoms with Crippen LogP contribution in [0.4, 0.5) is 17.1 Å². The average Bonchev–Trinajstić information content (AvgIpc) is 3.82. The van der Waals surface area contributed by atoms with Gasteiger partial charge in [-0.15, -0.1) is 0 Å². The molecule has 0 bridgehead atoms. The Balaban J connectivity index is 0.941. The fraction of sp³-hybridized carbons (Fsp3) is 0.103. The van der Waals surface area contributed by atoms with Crippen LogP contribution in [0.5, 0.6) is 0 Å². The summed E-state index contributed by atoms with van der Waals surface area (Å²) in [6.45, 7) is 9.52. The summed E-state index contributed by atoms with van der Waals surface area (Å²) >= 11 is 0. The summed E-state index contributed by atoms with van der Waals surface area (Å²) < 4.78 is 2.42. The smallest absolute Gasteiger partial charge is 0.0541 e. The highest BCUT2D eigenvalue weighted by atomic mass is 15.1. The van der Waals surface area contributed by atoms with Gasteiger partial charge in [0, 0.05) is 44.4 Å². The molecule has 0 saturated carbocycles. The molecule has 60 heavy (non-hydrogen) atoms. The van der Waals surface area contributed by atoms with E-state index in [1.54, 1.807) is 0 Å². The SMILES string of the molecule is CC1(C)c2ccccc2-c2ccc(N(c3ccccc3)c3ccc4c(c3)C(C)(C)c3cc(-c5ccc6c(c5)c5ccccc5n6-c5ccc6ccccc6c5)ccc3-4)cc21. The standard InChI is InChI=1S/C58H44N2/c1-57(2)51-20-12-10-18-45(51)47-29-26-43(35-53(47)57)59(41-16-6-5-7-17-41)44-27-30-48-46-28-23-40(34-52(46)58(3,4)54(48)36-44)39-24-31-56-50(33-39)49-19-11-13-21-55(49)60(56)42-25-22-37-14-8-9-15-38(37)32-42/h5-36H,1-4H3. The van der Waals surface area contributed by atoms with Crippen molar-refractivity contribution in [3.05, 3.63) is 216 Å². The number of benzene rings is 9. The van der Waals surface area contributed by atoms with Gasteiger partial charge in [-0.05, 0) is 139 Å². The third-order valence-electron chi connectivity index (χ3n) is 13.8. The van der Waals surface area contributed by atoms with Crippen LogP contribution in [0.15, 0.2) is 194 Å². The highest BCUT2D eigenvalue weighted by molar-refractivity contribution is 6.11. The summed E-state index contributed by atoms with van der Waals surface area (Å²) in [6, 6.07) is 72.3. The van der Waals surface area contributed by atoms with Crippen molar-refractivity contribution in [3.63, 3.8) is 0 Å². The number of hydrogen-bond acceptors (Lipinski definition) is 1. The Kier molecular flexibility index (Phi) is 7.36. The molecule has 0 radical (unpaired) electrons. The number of aromatic nitrogens is 1. The third kappa shape index (κ3) is 5.01. The second-order valence-electron chi connectivity index (χ2n) is 17.8. The molecule has 0 aliphatic heterocycles. The van der Waals surface area contributed by atoms with E-state index in [0.29, 0.717) is 0 Å². The van der Waals surface area contributed by atoms with Crippen LogP contribution >= 0.6 is 0 Å². The lowest BCUT2D eigenvalue weighted by Gasteiger charge is -2.29. The Morgan fingerprint density at radius 2 is 0.900 bits per heavy atom. The van der Waals surface area contributed by atoms with E-state index in [0.717, 1.165) is 5.69 Å². The van der Waals surface area contributed by atoms with E-state index in [9.17, 15) is 0 Å². The number of anilines is 3. The maximum absolute atomic E-state index is 2.45. The van der Waals surface area contributed by atoms with Gasteiger partial charge < -0.3 is 9.47 Å². The summed E-state index contributed by atoms with van der Waals surface area (Å²) in [6.07, 6.45) is 0. The van der Waals surface area contributed by atoms with Crippen LogP contribution < -0.4 is 4.90 Å². The zero-order chi connectivity index (χ0) is 40.3. The van der Waals surface area contributed by atoms with Gasteiger partial charge in [0.1, 0.15) is 0 Å². The van der Waals surface area contributed by atoms with Crippen LogP contribution in [-0.2, 0) is 10.8 Å². The van der Waals surface area contributed by atoms with Crippen molar-refractivity contribution in [2.24, 2.45) is 0 Å². The predicted octanol–water partition coefficient (Wildman–Crippen LogP) is 15.7. The van der Waals surface area contributed by atoms with Gasteiger partial charge in [0.25, 0.3) is 0 Å². The van der Waals surface area contributed by atoms with Crippen LogP contribution in [0.3, 0.4) is 0 Å². The van der Waals surface area contributed by atoms with Crippen molar-refractivity contribution >= 4 is 49.6 Å². The first-order valence-corrected chi connectivity index (χ1v) is 21.2. The van der Waals surface area contributed by atoms with Crippen molar-refractivity contribution in [1.82, 2.24) is 4.57 Å². The first kappa shape index (κ1) is 34.8. The minimum Gasteiger partial charge on any atom is -0.310 e. The van der Waals surface area contributed by atoms with Gasteiger partial charge in [-0.3, -0.25) is 0 Å². The zero-order valence-corrected chi connectivity index (χ0v) is 34.4. The van der Waals surface area contributed by atoms with Crippen LogP contribution in [0, 0.1) is 0 Å². The summed E-state index contributed by atoms with van der Waals surface area (Å²) in [5, 5.41) is 5.04. The van der Waals surface area contributed by atoms with E-state index < -0.39 is 0 Å². The van der Waals surface area contributed by atoms with Gasteiger partial charge in [0.2, 0.25) is 0 Å². The zero-order valence-electron chi connectivity index (χ0n) is 34.4. The maximum Gasteiger partial charge on any atom is 0.0541 e. The normalized spacial score (nSPS) is 14.3. The lowest BCUT2D eigenvalue weighted by Crippen LogP contribution is -2.18. The van der Waals surface area contributed by atoms with E-state index in [4.69, 9.17) is 0 Å². The van der Waals surface area contributed by atoms with Gasteiger partial charge in [0.05, 0.1) is 11.0 Å². The first-order valence-electron chi connectivity index (χ1n) is 21.2. The molecule has 1 aromatic heterocycles. The van der Waals surface area contributed by atoms with Crippen molar-refractivity contribution in [2.75, 3.05) is 4.90 Å². The highest BCUT2D eigenvalue weighted by Crippen LogP contribution is 2.53. The predicted molar refractivity (Wildman–Crippen MR) is 254 cm³/mol. The molecule has 9 aromatic carbocycles. The molecule has 0 N–H and O–H groups in total. The van der Waals surface area contributed by atoms with E-state index >= 15 is 0 Å². The maximum atomic E-state index is 2.45. The second kappa shape index (κ2) is 12.7. The van der Waals surface area contributed by atoms with Crippen molar-refractivity contribution in [2.45, 2.75) is 38.5 Å². The topological polar surface area (TPSA) is 8.17 Å². The number of nitrogens with zero attached hydrogens (tertiary/aromatic N) is 2. The molecule has 0 fully saturated rings. The highest BCUT2D eigenvalue weighted by Gasteiger charge is 2.38. The second-order valence-corrected chi connectivity index (χ2v) is 17.8. The Morgan fingerprint density at radius 3 is 1.67 bits per heavy atom. The van der Waals surface area contributed by atoms with E-state index in [-0.39, 0.29) is 10.8 Å². The Labute approximate surface area is 351 Å². The fourth-order valence-electron chi connectivity index (χ4n) is 10.6. The minimum atomic E-state index is -0.198. The summed E-state index contributed by atoms with van der Waals surface area (Å²) in [7, 11) is 0. The fourth-order valence-corrected chi connectivity index (χ4v) is 10.6. The van der Waals surface area contributed by atoms with Crippen molar-refractivity contribution in [3.8, 4) is 39.1 Å². The van der Waals surface area contributed by atoms with Crippen LogP contribution in [0.2, 0.25) is 0 Å². The molecule has 0 amide bonds. The van der Waals surface area contributed by atoms with Crippen LogP contribution in [0.1, 0.15) is 49.9 Å². The minimum absolute atomic E-state index is 0.0810. The number of fused-ring (bicyclic) bond motifs is 10. The molecule has 0 saturated heterocycles.